The number of nitrogens with zero attached hydrogens (tertiary/aromatic N) is 4. The molecule has 0 spiro atoms. The monoisotopic (exact) mass is 278 g/mol. The molecule has 0 saturated carbocycles. The zero-order valence-corrected chi connectivity index (χ0v) is 11.6. The third-order valence-electron chi connectivity index (χ3n) is 3.54. The largest absolute Gasteiger partial charge is 0.480 e. The van der Waals surface area contributed by atoms with E-state index in [9.17, 15) is 14.7 Å². The lowest BCUT2D eigenvalue weighted by Gasteiger charge is -2.26. The highest BCUT2D eigenvalue weighted by molar-refractivity contribution is 5.87. The molecule has 1 aromatic rings. The van der Waals surface area contributed by atoms with E-state index in [1.165, 1.54) is 4.90 Å². The van der Waals surface area contributed by atoms with Gasteiger partial charge < -0.3 is 14.9 Å². The Morgan fingerprint density at radius 3 is 2.70 bits per heavy atom. The number of hydrogen-bond donors (Lipinski definition) is 1. The molecule has 1 N–H and O–H groups in total. The van der Waals surface area contributed by atoms with Crippen molar-refractivity contribution in [1.82, 2.24) is 14.9 Å². The van der Waals surface area contributed by atoms with Crippen LogP contribution in [0.1, 0.15) is 13.3 Å². The molecule has 7 nitrogen and oxygen atoms in total. The summed E-state index contributed by atoms with van der Waals surface area (Å²) in [5.74, 6) is -0.728. The van der Waals surface area contributed by atoms with Crippen molar-refractivity contribution in [2.24, 2.45) is 5.92 Å². The van der Waals surface area contributed by atoms with Gasteiger partial charge in [0.15, 0.2) is 0 Å². The van der Waals surface area contributed by atoms with Crippen molar-refractivity contribution in [1.29, 1.82) is 0 Å². The van der Waals surface area contributed by atoms with E-state index in [4.69, 9.17) is 0 Å². The number of carbonyl (C=O) groups is 2. The van der Waals surface area contributed by atoms with Gasteiger partial charge in [-0.25, -0.2) is 14.8 Å². The number of likely N-dealkylation sites (N-methyl/N-ethyl adjacent to an activating group) is 1. The third kappa shape index (κ3) is 2.87. The second kappa shape index (κ2) is 5.85. The SMILES string of the molecule is CC1CCN(C(=O)CN(C)c2ncccn2)C1C(=O)O. The molecule has 1 fully saturated rings. The van der Waals surface area contributed by atoms with Crippen LogP contribution in [0.25, 0.3) is 0 Å². The van der Waals surface area contributed by atoms with E-state index in [-0.39, 0.29) is 18.4 Å². The number of rotatable bonds is 4. The summed E-state index contributed by atoms with van der Waals surface area (Å²) in [5, 5.41) is 9.22. The molecule has 1 aliphatic heterocycles. The molecule has 2 heterocycles. The van der Waals surface area contributed by atoms with E-state index < -0.39 is 12.0 Å². The van der Waals surface area contributed by atoms with E-state index in [0.29, 0.717) is 18.9 Å². The van der Waals surface area contributed by atoms with Crippen molar-refractivity contribution < 1.29 is 14.7 Å². The maximum Gasteiger partial charge on any atom is 0.326 e. The molecule has 0 aromatic carbocycles. The normalized spacial score (nSPS) is 21.8. The minimum absolute atomic E-state index is 0.0188. The zero-order valence-electron chi connectivity index (χ0n) is 11.6. The molecule has 108 valence electrons. The standard InChI is InChI=1S/C13H18N4O3/c1-9-4-7-17(11(9)12(19)20)10(18)8-16(2)13-14-5-3-6-15-13/h3,5-6,9,11H,4,7-8H2,1-2H3,(H,19,20). The number of anilines is 1. The molecule has 20 heavy (non-hydrogen) atoms. The first-order chi connectivity index (χ1) is 9.50. The summed E-state index contributed by atoms with van der Waals surface area (Å²) in [6, 6.07) is 0.967. The molecule has 0 bridgehead atoms. The van der Waals surface area contributed by atoms with Crippen LogP contribution in [0.4, 0.5) is 5.95 Å². The Balaban J connectivity index is 2.03. The number of hydrogen-bond acceptors (Lipinski definition) is 5. The Morgan fingerprint density at radius 1 is 1.45 bits per heavy atom. The van der Waals surface area contributed by atoms with Crippen LogP contribution in [-0.4, -0.2) is 58.0 Å². The van der Waals surface area contributed by atoms with Crippen LogP contribution in [0, 0.1) is 5.92 Å². The number of amides is 1. The van der Waals surface area contributed by atoms with Crippen LogP contribution in [0.3, 0.4) is 0 Å². The van der Waals surface area contributed by atoms with Crippen LogP contribution < -0.4 is 4.90 Å². The number of carbonyl (C=O) groups excluding carboxylic acids is 1. The molecule has 2 rings (SSSR count). The van der Waals surface area contributed by atoms with Crippen molar-refractivity contribution in [2.75, 3.05) is 25.0 Å². The summed E-state index contributed by atoms with van der Waals surface area (Å²) < 4.78 is 0. The smallest absolute Gasteiger partial charge is 0.326 e. The molecule has 0 radical (unpaired) electrons. The van der Waals surface area contributed by atoms with Crippen molar-refractivity contribution in [3.8, 4) is 0 Å². The number of carboxylic acids is 1. The number of aromatic nitrogens is 2. The second-order valence-electron chi connectivity index (χ2n) is 5.04. The van der Waals surface area contributed by atoms with E-state index in [1.807, 2.05) is 6.92 Å². The number of likely N-dealkylation sites (tertiary alicyclic amines) is 1. The summed E-state index contributed by atoms with van der Waals surface area (Å²) in [5.41, 5.74) is 0. The first kappa shape index (κ1) is 14.2. The van der Waals surface area contributed by atoms with Gasteiger partial charge in [-0.15, -0.1) is 0 Å². The first-order valence-corrected chi connectivity index (χ1v) is 6.51. The minimum atomic E-state index is -0.943. The van der Waals surface area contributed by atoms with E-state index in [0.717, 1.165) is 0 Å². The predicted molar refractivity (Wildman–Crippen MR) is 72.2 cm³/mol. The van der Waals surface area contributed by atoms with Crippen LogP contribution in [0.15, 0.2) is 18.5 Å². The number of carboxylic acid groups (broad SMARTS) is 1. The highest BCUT2D eigenvalue weighted by Gasteiger charge is 2.39. The quantitative estimate of drug-likeness (QED) is 0.848. The van der Waals surface area contributed by atoms with Gasteiger partial charge in [0.1, 0.15) is 6.04 Å². The summed E-state index contributed by atoms with van der Waals surface area (Å²) >= 11 is 0. The Hall–Kier alpha value is -2.18. The van der Waals surface area contributed by atoms with Gasteiger partial charge in [0.25, 0.3) is 0 Å². The molecule has 1 saturated heterocycles. The fourth-order valence-corrected chi connectivity index (χ4v) is 2.46. The minimum Gasteiger partial charge on any atom is -0.480 e. The Kier molecular flexibility index (Phi) is 4.16. The highest BCUT2D eigenvalue weighted by atomic mass is 16.4. The number of aliphatic carboxylic acids is 1. The first-order valence-electron chi connectivity index (χ1n) is 6.51. The molecule has 1 aliphatic rings. The Bertz CT molecular complexity index is 494. The topological polar surface area (TPSA) is 86.6 Å². The van der Waals surface area contributed by atoms with Crippen molar-refractivity contribution >= 4 is 17.8 Å². The lowest BCUT2D eigenvalue weighted by Crippen LogP contribution is -2.46. The van der Waals surface area contributed by atoms with Gasteiger partial charge in [0, 0.05) is 26.0 Å². The van der Waals surface area contributed by atoms with Gasteiger partial charge in [-0.2, -0.15) is 0 Å². The van der Waals surface area contributed by atoms with Crippen LogP contribution >= 0.6 is 0 Å². The Morgan fingerprint density at radius 2 is 2.10 bits per heavy atom. The predicted octanol–water partition coefficient (Wildman–Crippen LogP) is 0.234. The van der Waals surface area contributed by atoms with Gasteiger partial charge in [-0.05, 0) is 18.4 Å². The molecule has 2 unspecified atom stereocenters. The zero-order chi connectivity index (χ0) is 14.7. The highest BCUT2D eigenvalue weighted by Crippen LogP contribution is 2.24. The van der Waals surface area contributed by atoms with Crippen molar-refractivity contribution in [3.05, 3.63) is 18.5 Å². The van der Waals surface area contributed by atoms with Crippen LogP contribution in [0.2, 0.25) is 0 Å². The second-order valence-corrected chi connectivity index (χ2v) is 5.04. The van der Waals surface area contributed by atoms with Gasteiger partial charge in [0.05, 0.1) is 6.54 Å². The molecular weight excluding hydrogens is 260 g/mol. The maximum absolute atomic E-state index is 12.3. The molecule has 1 amide bonds. The average Bonchev–Trinajstić information content (AvgIpc) is 2.81. The van der Waals surface area contributed by atoms with Gasteiger partial charge in [0.2, 0.25) is 11.9 Å². The average molecular weight is 278 g/mol. The lowest BCUT2D eigenvalue weighted by molar-refractivity contribution is -0.148. The van der Waals surface area contributed by atoms with Gasteiger partial charge in [-0.1, -0.05) is 6.92 Å². The maximum atomic E-state index is 12.3. The Labute approximate surface area is 117 Å². The lowest BCUT2D eigenvalue weighted by atomic mass is 10.0. The summed E-state index contributed by atoms with van der Waals surface area (Å²) in [6.45, 7) is 2.41. The van der Waals surface area contributed by atoms with Crippen LogP contribution in [0.5, 0.6) is 0 Å². The van der Waals surface area contributed by atoms with Crippen molar-refractivity contribution in [3.63, 3.8) is 0 Å². The molecular formula is C13H18N4O3. The molecule has 7 heteroatoms. The summed E-state index contributed by atoms with van der Waals surface area (Å²) in [6.07, 6.45) is 3.91. The van der Waals surface area contributed by atoms with E-state index in [2.05, 4.69) is 9.97 Å². The van der Waals surface area contributed by atoms with E-state index >= 15 is 0 Å². The fourth-order valence-electron chi connectivity index (χ4n) is 2.46. The van der Waals surface area contributed by atoms with Gasteiger partial charge in [-0.3, -0.25) is 4.79 Å². The summed E-state index contributed by atoms with van der Waals surface area (Å²) in [7, 11) is 1.71. The van der Waals surface area contributed by atoms with Gasteiger partial charge >= 0.3 is 5.97 Å². The molecule has 1 aromatic heterocycles. The molecule has 2 atom stereocenters. The van der Waals surface area contributed by atoms with Crippen molar-refractivity contribution in [2.45, 2.75) is 19.4 Å². The van der Waals surface area contributed by atoms with E-state index in [1.54, 1.807) is 30.4 Å². The van der Waals surface area contributed by atoms with Crippen LogP contribution in [-0.2, 0) is 9.59 Å². The third-order valence-corrected chi connectivity index (χ3v) is 3.54. The fraction of sp³-hybridized carbons (Fsp3) is 0.538. The summed E-state index contributed by atoms with van der Waals surface area (Å²) in [4.78, 5) is 34.7. The molecule has 0 aliphatic carbocycles.